The van der Waals surface area contributed by atoms with Crippen molar-refractivity contribution in [2.45, 2.75) is 99.9 Å². The van der Waals surface area contributed by atoms with E-state index in [0.717, 1.165) is 12.8 Å². The van der Waals surface area contributed by atoms with Crippen LogP contribution in [0.5, 0.6) is 0 Å². The third-order valence-corrected chi connectivity index (χ3v) is 4.52. The van der Waals surface area contributed by atoms with Gasteiger partial charge in [0.1, 0.15) is 0 Å². The van der Waals surface area contributed by atoms with Gasteiger partial charge in [-0.05, 0) is 12.8 Å². The molecule has 2 nitrogen and oxygen atoms in total. The molecule has 3 heteroatoms. The standard InChI is InChI=1S/C16H33O2.Na/c1-2-3-4-5-6-7-8-9-10-11-12-13-14-15-16(17)18;/h16-18H,1-15H2;. The summed E-state index contributed by atoms with van der Waals surface area (Å²) in [5.41, 5.74) is 0. The van der Waals surface area contributed by atoms with Crippen molar-refractivity contribution in [3.63, 3.8) is 0 Å². The molecule has 2 N–H and O–H groups in total. The summed E-state index contributed by atoms with van der Waals surface area (Å²) in [6.45, 7) is 0. The molecule has 0 saturated carbocycles. The molecular formula is C16H33NaO2. The minimum atomic E-state index is -1.10. The van der Waals surface area contributed by atoms with Crippen LogP contribution in [0.3, 0.4) is 0 Å². The minimum absolute atomic E-state index is 0.542. The SMILES string of the molecule is OC(O)CCCCCCCCCCCCCC[CH2][Na]. The van der Waals surface area contributed by atoms with E-state index in [1.54, 1.807) is 0 Å². The van der Waals surface area contributed by atoms with Crippen molar-refractivity contribution in [2.75, 3.05) is 0 Å². The van der Waals surface area contributed by atoms with E-state index < -0.39 is 6.29 Å². The van der Waals surface area contributed by atoms with Crippen LogP contribution in [0.15, 0.2) is 0 Å². The monoisotopic (exact) mass is 280 g/mol. The normalized spacial score (nSPS) is 11.4. The number of unbranched alkanes of at least 4 members (excludes halogenated alkanes) is 12. The Morgan fingerprint density at radius 3 is 1.16 bits per heavy atom. The first-order chi connectivity index (χ1) is 9.27. The van der Waals surface area contributed by atoms with Crippen molar-refractivity contribution in [3.05, 3.63) is 0 Å². The van der Waals surface area contributed by atoms with Gasteiger partial charge in [-0.1, -0.05) is 6.42 Å². The van der Waals surface area contributed by atoms with Crippen molar-refractivity contribution < 1.29 is 10.2 Å². The van der Waals surface area contributed by atoms with Gasteiger partial charge in [-0.3, -0.25) is 0 Å². The van der Waals surface area contributed by atoms with Crippen LogP contribution in [0.2, 0.25) is 3.67 Å². The van der Waals surface area contributed by atoms with Crippen LogP contribution in [-0.4, -0.2) is 44.4 Å². The fourth-order valence-electron chi connectivity index (χ4n) is 2.52. The van der Waals surface area contributed by atoms with E-state index in [4.69, 9.17) is 10.2 Å². The number of aliphatic hydroxyl groups excluding tert-OH is 1. The van der Waals surface area contributed by atoms with Gasteiger partial charge in [0.25, 0.3) is 0 Å². The van der Waals surface area contributed by atoms with Gasteiger partial charge < -0.3 is 10.2 Å². The molecule has 0 heterocycles. The molecule has 0 atom stereocenters. The van der Waals surface area contributed by atoms with E-state index in [1.807, 2.05) is 0 Å². The molecular weight excluding hydrogens is 247 g/mol. The summed E-state index contributed by atoms with van der Waals surface area (Å²) in [6.07, 6.45) is 17.0. The van der Waals surface area contributed by atoms with Crippen molar-refractivity contribution in [1.29, 1.82) is 0 Å². The van der Waals surface area contributed by atoms with E-state index in [1.165, 1.54) is 102 Å². The average Bonchev–Trinajstić information content (AvgIpc) is 2.39. The molecule has 0 aromatic heterocycles. The van der Waals surface area contributed by atoms with E-state index in [9.17, 15) is 0 Å². The van der Waals surface area contributed by atoms with Crippen LogP contribution in [0.1, 0.15) is 89.9 Å². The molecule has 110 valence electrons. The second-order valence-electron chi connectivity index (χ2n) is 5.87. The second-order valence-corrected chi connectivity index (χ2v) is 6.87. The summed E-state index contributed by atoms with van der Waals surface area (Å²) < 4.78 is 1.48. The van der Waals surface area contributed by atoms with Gasteiger partial charge in [0.15, 0.2) is 6.29 Å². The fraction of sp³-hybridized carbons (Fsp3) is 1.00. The van der Waals surface area contributed by atoms with Gasteiger partial charge in [-0.25, -0.2) is 0 Å². The molecule has 0 radical (unpaired) electrons. The van der Waals surface area contributed by atoms with Crippen LogP contribution in [0.25, 0.3) is 0 Å². The molecule has 0 aliphatic carbocycles. The van der Waals surface area contributed by atoms with Crippen LogP contribution in [-0.2, 0) is 0 Å². The summed E-state index contributed by atoms with van der Waals surface area (Å²) >= 11 is 1.38. The Bertz CT molecular complexity index is 163. The Morgan fingerprint density at radius 2 is 0.842 bits per heavy atom. The summed E-state index contributed by atoms with van der Waals surface area (Å²) in [5.74, 6) is 0. The molecule has 0 spiro atoms. The molecule has 0 aliphatic heterocycles. The van der Waals surface area contributed by atoms with Gasteiger partial charge in [0.2, 0.25) is 0 Å². The predicted molar refractivity (Wildman–Crippen MR) is 83.4 cm³/mol. The Hall–Kier alpha value is 0.920. The molecule has 19 heavy (non-hydrogen) atoms. The third-order valence-electron chi connectivity index (χ3n) is 3.82. The van der Waals surface area contributed by atoms with E-state index in [2.05, 4.69) is 0 Å². The molecule has 0 rings (SSSR count). The van der Waals surface area contributed by atoms with Crippen LogP contribution >= 0.6 is 0 Å². The number of aliphatic hydroxyl groups is 2. The fourth-order valence-corrected chi connectivity index (χ4v) is 3.02. The summed E-state index contributed by atoms with van der Waals surface area (Å²) in [5, 5.41) is 17.4. The van der Waals surface area contributed by atoms with E-state index in [0.29, 0.717) is 6.42 Å². The maximum absolute atomic E-state index is 8.70. The summed E-state index contributed by atoms with van der Waals surface area (Å²) in [6, 6.07) is 0. The van der Waals surface area contributed by atoms with Gasteiger partial charge in [-0.15, -0.1) is 0 Å². The van der Waals surface area contributed by atoms with Gasteiger partial charge in [0, 0.05) is 0 Å². The van der Waals surface area contributed by atoms with Crippen LogP contribution < -0.4 is 0 Å². The molecule has 0 aromatic carbocycles. The van der Waals surface area contributed by atoms with Crippen molar-refractivity contribution in [3.8, 4) is 0 Å². The number of hydrogen-bond donors (Lipinski definition) is 2. The zero-order valence-corrected chi connectivity index (χ0v) is 15.1. The first kappa shape index (κ1) is 19.9. The van der Waals surface area contributed by atoms with Gasteiger partial charge in [0.05, 0.1) is 0 Å². The summed E-state index contributed by atoms with van der Waals surface area (Å²) in [7, 11) is 0. The molecule has 0 bridgehead atoms. The molecule has 0 unspecified atom stereocenters. The number of hydrogen-bond acceptors (Lipinski definition) is 2. The molecule has 0 aromatic rings. The van der Waals surface area contributed by atoms with Crippen molar-refractivity contribution in [1.82, 2.24) is 0 Å². The zero-order chi connectivity index (χ0) is 14.2. The molecule has 0 amide bonds. The van der Waals surface area contributed by atoms with Gasteiger partial charge >= 0.3 is 102 Å². The molecule has 0 saturated heterocycles. The Balaban J connectivity index is 2.91. The predicted octanol–water partition coefficient (Wildman–Crippen LogP) is 4.35. The second kappa shape index (κ2) is 17.0. The Kier molecular flexibility index (Phi) is 17.8. The first-order valence-electron chi connectivity index (χ1n) is 8.63. The average molecular weight is 280 g/mol. The zero-order valence-electron chi connectivity index (χ0n) is 13.1. The molecule has 0 aliphatic rings. The molecule has 0 fully saturated rings. The van der Waals surface area contributed by atoms with Gasteiger partial charge in [-0.2, -0.15) is 0 Å². The van der Waals surface area contributed by atoms with Crippen molar-refractivity contribution in [2.24, 2.45) is 0 Å². The van der Waals surface area contributed by atoms with E-state index >= 15 is 0 Å². The Labute approximate surface area is 137 Å². The van der Waals surface area contributed by atoms with E-state index in [-0.39, 0.29) is 0 Å². The number of rotatable bonds is 15. The maximum atomic E-state index is 8.70. The van der Waals surface area contributed by atoms with Crippen LogP contribution in [0.4, 0.5) is 0 Å². The van der Waals surface area contributed by atoms with Crippen molar-refractivity contribution >= 4 is 27.9 Å². The topological polar surface area (TPSA) is 40.5 Å². The first-order valence-corrected chi connectivity index (χ1v) is 10.0. The Morgan fingerprint density at radius 1 is 0.526 bits per heavy atom. The third kappa shape index (κ3) is 18.9. The quantitative estimate of drug-likeness (QED) is 0.266. The van der Waals surface area contributed by atoms with Crippen LogP contribution in [0, 0.1) is 0 Å². The summed E-state index contributed by atoms with van der Waals surface area (Å²) in [4.78, 5) is 0.